The van der Waals surface area contributed by atoms with Gasteiger partial charge in [0.1, 0.15) is 0 Å². The first-order valence-corrected chi connectivity index (χ1v) is 6.11. The fraction of sp³-hybridized carbons (Fsp3) is 1.00. The molecule has 0 rings (SSSR count). The van der Waals surface area contributed by atoms with Crippen molar-refractivity contribution in [2.24, 2.45) is 5.92 Å². The van der Waals surface area contributed by atoms with E-state index < -0.39 is 0 Å². The van der Waals surface area contributed by atoms with Crippen molar-refractivity contribution in [3.63, 3.8) is 0 Å². The summed E-state index contributed by atoms with van der Waals surface area (Å²) in [4.78, 5) is 0. The maximum atomic E-state index is 5.75. The molecule has 0 aliphatic rings. The second-order valence-corrected chi connectivity index (χ2v) is 4.32. The van der Waals surface area contributed by atoms with E-state index in [4.69, 9.17) is 16.3 Å². The van der Waals surface area contributed by atoms with Crippen molar-refractivity contribution < 1.29 is 4.74 Å². The van der Waals surface area contributed by atoms with Crippen molar-refractivity contribution >= 4 is 11.6 Å². The molecule has 0 aromatic heterocycles. The molecule has 0 radical (unpaired) electrons. The van der Waals surface area contributed by atoms with E-state index in [1.807, 2.05) is 0 Å². The molecule has 1 N–H and O–H groups in total. The molecule has 0 spiro atoms. The maximum Gasteiger partial charge on any atom is 0.0591 e. The molecule has 0 aromatic rings. The van der Waals surface area contributed by atoms with Gasteiger partial charge in [-0.3, -0.25) is 0 Å². The van der Waals surface area contributed by atoms with Gasteiger partial charge in [-0.15, -0.1) is 11.6 Å². The fourth-order valence-corrected chi connectivity index (χ4v) is 1.39. The highest BCUT2D eigenvalue weighted by Gasteiger charge is 2.01. The Balaban J connectivity index is 3.12. The Morgan fingerprint density at radius 3 is 2.50 bits per heavy atom. The lowest BCUT2D eigenvalue weighted by molar-refractivity contribution is 0.123. The standard InChI is InChI=1S/C11H24ClNO/c1-4-11(9-12)13-6-8-14-7-5-10(2)3/h10-11,13H,4-9H2,1-3H3. The lowest BCUT2D eigenvalue weighted by Crippen LogP contribution is -2.32. The molecule has 0 fully saturated rings. The second kappa shape index (κ2) is 9.75. The lowest BCUT2D eigenvalue weighted by Gasteiger charge is -2.13. The summed E-state index contributed by atoms with van der Waals surface area (Å²) < 4.78 is 5.48. The van der Waals surface area contributed by atoms with E-state index >= 15 is 0 Å². The van der Waals surface area contributed by atoms with Gasteiger partial charge in [0.25, 0.3) is 0 Å². The van der Waals surface area contributed by atoms with E-state index in [1.165, 1.54) is 0 Å². The lowest BCUT2D eigenvalue weighted by atomic mass is 10.1. The molecule has 1 unspecified atom stereocenters. The molecule has 0 heterocycles. The normalized spacial score (nSPS) is 13.5. The summed E-state index contributed by atoms with van der Waals surface area (Å²) in [6, 6.07) is 0.436. The summed E-state index contributed by atoms with van der Waals surface area (Å²) in [5.74, 6) is 1.41. The van der Waals surface area contributed by atoms with Crippen LogP contribution < -0.4 is 5.32 Å². The summed E-state index contributed by atoms with van der Waals surface area (Å²) >= 11 is 5.75. The van der Waals surface area contributed by atoms with Crippen LogP contribution in [0.5, 0.6) is 0 Å². The van der Waals surface area contributed by atoms with Crippen LogP contribution in [0, 0.1) is 5.92 Å². The number of alkyl halides is 1. The predicted molar refractivity (Wildman–Crippen MR) is 63.1 cm³/mol. The molecular formula is C11H24ClNO. The molecule has 3 heteroatoms. The summed E-state index contributed by atoms with van der Waals surface area (Å²) in [5, 5.41) is 3.35. The average molecular weight is 222 g/mol. The molecule has 0 saturated heterocycles. The van der Waals surface area contributed by atoms with Crippen LogP contribution in [0.4, 0.5) is 0 Å². The molecule has 0 aliphatic heterocycles. The van der Waals surface area contributed by atoms with Gasteiger partial charge in [0.2, 0.25) is 0 Å². The Morgan fingerprint density at radius 1 is 1.29 bits per heavy atom. The van der Waals surface area contributed by atoms with Crippen LogP contribution in [0.3, 0.4) is 0 Å². The minimum atomic E-state index is 0.436. The number of ether oxygens (including phenoxy) is 1. The van der Waals surface area contributed by atoms with E-state index in [0.29, 0.717) is 11.9 Å². The van der Waals surface area contributed by atoms with Gasteiger partial charge in [-0.05, 0) is 18.8 Å². The third-order valence-electron chi connectivity index (χ3n) is 2.20. The molecule has 14 heavy (non-hydrogen) atoms. The van der Waals surface area contributed by atoms with Crippen LogP contribution in [-0.4, -0.2) is 31.7 Å². The van der Waals surface area contributed by atoms with Crippen molar-refractivity contribution in [1.29, 1.82) is 0 Å². The summed E-state index contributed by atoms with van der Waals surface area (Å²) in [6.45, 7) is 9.13. The first-order valence-electron chi connectivity index (χ1n) is 5.57. The number of nitrogens with one attached hydrogen (secondary N) is 1. The monoisotopic (exact) mass is 221 g/mol. The van der Waals surface area contributed by atoms with E-state index in [-0.39, 0.29) is 0 Å². The van der Waals surface area contributed by atoms with Crippen molar-refractivity contribution in [3.05, 3.63) is 0 Å². The first kappa shape index (κ1) is 14.2. The van der Waals surface area contributed by atoms with E-state index in [9.17, 15) is 0 Å². The molecule has 86 valence electrons. The Hall–Kier alpha value is 0.210. The van der Waals surface area contributed by atoms with Crippen LogP contribution in [0.2, 0.25) is 0 Å². The highest BCUT2D eigenvalue weighted by atomic mass is 35.5. The largest absolute Gasteiger partial charge is 0.380 e. The van der Waals surface area contributed by atoms with E-state index in [2.05, 4.69) is 26.1 Å². The Bertz CT molecular complexity index is 116. The second-order valence-electron chi connectivity index (χ2n) is 4.01. The average Bonchev–Trinajstić information content (AvgIpc) is 2.16. The third kappa shape index (κ3) is 8.79. The van der Waals surface area contributed by atoms with Gasteiger partial charge in [0, 0.05) is 25.1 Å². The molecule has 1 atom stereocenters. The van der Waals surface area contributed by atoms with Crippen LogP contribution in [0.25, 0.3) is 0 Å². The number of halogens is 1. The maximum absolute atomic E-state index is 5.75. The summed E-state index contributed by atoms with van der Waals surface area (Å²) in [5.41, 5.74) is 0. The van der Waals surface area contributed by atoms with Gasteiger partial charge in [0.15, 0.2) is 0 Å². The molecule has 0 saturated carbocycles. The van der Waals surface area contributed by atoms with Gasteiger partial charge in [-0.25, -0.2) is 0 Å². The van der Waals surface area contributed by atoms with Crippen molar-refractivity contribution in [2.75, 3.05) is 25.6 Å². The zero-order chi connectivity index (χ0) is 10.8. The van der Waals surface area contributed by atoms with Crippen LogP contribution in [0.15, 0.2) is 0 Å². The SMILES string of the molecule is CCC(CCl)NCCOCCC(C)C. The van der Waals surface area contributed by atoms with Gasteiger partial charge in [-0.2, -0.15) is 0 Å². The van der Waals surface area contributed by atoms with E-state index in [0.717, 1.165) is 38.5 Å². The van der Waals surface area contributed by atoms with Crippen molar-refractivity contribution in [3.8, 4) is 0 Å². The van der Waals surface area contributed by atoms with Gasteiger partial charge in [-0.1, -0.05) is 20.8 Å². The number of hydrogen-bond donors (Lipinski definition) is 1. The molecule has 0 aromatic carbocycles. The van der Waals surface area contributed by atoms with Crippen LogP contribution >= 0.6 is 11.6 Å². The number of rotatable bonds is 9. The van der Waals surface area contributed by atoms with Crippen LogP contribution in [-0.2, 0) is 4.74 Å². The Morgan fingerprint density at radius 2 is 2.00 bits per heavy atom. The quantitative estimate of drug-likeness (QED) is 0.478. The van der Waals surface area contributed by atoms with Crippen LogP contribution in [0.1, 0.15) is 33.6 Å². The first-order chi connectivity index (χ1) is 6.70. The van der Waals surface area contributed by atoms with Gasteiger partial charge < -0.3 is 10.1 Å². The molecule has 0 amide bonds. The minimum absolute atomic E-state index is 0.436. The Labute approximate surface area is 93.4 Å². The zero-order valence-electron chi connectivity index (χ0n) is 9.68. The molecule has 2 nitrogen and oxygen atoms in total. The minimum Gasteiger partial charge on any atom is -0.380 e. The summed E-state index contributed by atoms with van der Waals surface area (Å²) in [7, 11) is 0. The molecular weight excluding hydrogens is 198 g/mol. The van der Waals surface area contributed by atoms with Gasteiger partial charge in [0.05, 0.1) is 6.61 Å². The predicted octanol–water partition coefficient (Wildman–Crippen LogP) is 2.66. The number of hydrogen-bond acceptors (Lipinski definition) is 2. The Kier molecular flexibility index (Phi) is 9.90. The fourth-order valence-electron chi connectivity index (χ4n) is 1.06. The highest BCUT2D eigenvalue weighted by molar-refractivity contribution is 6.18. The van der Waals surface area contributed by atoms with E-state index in [1.54, 1.807) is 0 Å². The van der Waals surface area contributed by atoms with Crippen molar-refractivity contribution in [1.82, 2.24) is 5.32 Å². The zero-order valence-corrected chi connectivity index (χ0v) is 10.4. The smallest absolute Gasteiger partial charge is 0.0591 e. The third-order valence-corrected chi connectivity index (χ3v) is 2.57. The topological polar surface area (TPSA) is 21.3 Å². The van der Waals surface area contributed by atoms with Gasteiger partial charge >= 0.3 is 0 Å². The molecule has 0 aliphatic carbocycles. The summed E-state index contributed by atoms with van der Waals surface area (Å²) in [6.07, 6.45) is 2.22. The molecule has 0 bridgehead atoms. The highest BCUT2D eigenvalue weighted by Crippen LogP contribution is 1.98. The van der Waals surface area contributed by atoms with Crippen molar-refractivity contribution in [2.45, 2.75) is 39.7 Å².